The Kier molecular flexibility index (Phi) is 7.74. The number of hydrogen-bond donors (Lipinski definition) is 3. The SMILES string of the molecule is COc1ccc(C=C2SC(=S)N(CCC(=O)NC(CC(N)=O)C(=O)O)C2=O)cc1. The van der Waals surface area contributed by atoms with Crippen LogP contribution in [-0.2, 0) is 19.2 Å². The summed E-state index contributed by atoms with van der Waals surface area (Å²) >= 11 is 6.33. The lowest BCUT2D eigenvalue weighted by Crippen LogP contribution is -2.44. The maximum Gasteiger partial charge on any atom is 0.326 e. The molecule has 11 heteroatoms. The van der Waals surface area contributed by atoms with Crippen LogP contribution in [0.15, 0.2) is 29.2 Å². The van der Waals surface area contributed by atoms with Gasteiger partial charge in [0.2, 0.25) is 11.8 Å². The Labute approximate surface area is 176 Å². The van der Waals surface area contributed by atoms with Crippen LogP contribution in [0.1, 0.15) is 18.4 Å². The van der Waals surface area contributed by atoms with Crippen molar-refractivity contribution in [3.8, 4) is 5.75 Å². The van der Waals surface area contributed by atoms with Gasteiger partial charge in [-0.05, 0) is 23.8 Å². The summed E-state index contributed by atoms with van der Waals surface area (Å²) < 4.78 is 5.39. The highest BCUT2D eigenvalue weighted by atomic mass is 32.2. The summed E-state index contributed by atoms with van der Waals surface area (Å²) in [6.45, 7) is -0.0145. The van der Waals surface area contributed by atoms with Gasteiger partial charge in [0.15, 0.2) is 0 Å². The lowest BCUT2D eigenvalue weighted by Gasteiger charge is -2.16. The van der Waals surface area contributed by atoms with Gasteiger partial charge in [-0.3, -0.25) is 19.3 Å². The number of carbonyl (C=O) groups excluding carboxylic acids is 3. The second-order valence-corrected chi connectivity index (χ2v) is 7.66. The van der Waals surface area contributed by atoms with Crippen LogP contribution in [0.3, 0.4) is 0 Å². The van der Waals surface area contributed by atoms with E-state index in [-0.39, 0.29) is 18.9 Å². The number of nitrogens with one attached hydrogen (secondary N) is 1. The van der Waals surface area contributed by atoms with Gasteiger partial charge in [-0.15, -0.1) is 0 Å². The number of nitrogens with two attached hydrogens (primary N) is 1. The number of thioether (sulfide) groups is 1. The normalized spacial score (nSPS) is 16.0. The number of methoxy groups -OCH3 is 1. The number of carbonyl (C=O) groups is 4. The molecule has 1 aliphatic rings. The van der Waals surface area contributed by atoms with Crippen LogP contribution >= 0.6 is 24.0 Å². The second-order valence-electron chi connectivity index (χ2n) is 5.99. The first-order valence-electron chi connectivity index (χ1n) is 8.41. The highest BCUT2D eigenvalue weighted by molar-refractivity contribution is 8.26. The minimum Gasteiger partial charge on any atom is -0.497 e. The van der Waals surface area contributed by atoms with E-state index < -0.39 is 30.2 Å². The Morgan fingerprint density at radius 1 is 1.34 bits per heavy atom. The molecule has 1 aliphatic heterocycles. The van der Waals surface area contributed by atoms with Gasteiger partial charge in [-0.2, -0.15) is 0 Å². The van der Waals surface area contributed by atoms with Crippen molar-refractivity contribution < 1.29 is 29.0 Å². The quantitative estimate of drug-likeness (QED) is 0.380. The predicted octanol–water partition coefficient (Wildman–Crippen LogP) is 0.731. The first-order valence-corrected chi connectivity index (χ1v) is 9.63. The smallest absolute Gasteiger partial charge is 0.326 e. The summed E-state index contributed by atoms with van der Waals surface area (Å²) in [7, 11) is 1.56. The van der Waals surface area contributed by atoms with Crippen LogP contribution in [0, 0.1) is 0 Å². The number of aliphatic carboxylic acids is 1. The van der Waals surface area contributed by atoms with Crippen molar-refractivity contribution in [3.05, 3.63) is 34.7 Å². The van der Waals surface area contributed by atoms with Gasteiger partial charge in [0, 0.05) is 13.0 Å². The number of hydrogen-bond acceptors (Lipinski definition) is 7. The highest BCUT2D eigenvalue weighted by Crippen LogP contribution is 2.32. The summed E-state index contributed by atoms with van der Waals surface area (Å²) in [6.07, 6.45) is 0.990. The van der Waals surface area contributed by atoms with Crippen molar-refractivity contribution in [2.75, 3.05) is 13.7 Å². The van der Waals surface area contributed by atoms with Gasteiger partial charge in [-0.1, -0.05) is 36.1 Å². The first-order chi connectivity index (χ1) is 13.7. The largest absolute Gasteiger partial charge is 0.497 e. The lowest BCUT2D eigenvalue weighted by atomic mass is 10.2. The molecule has 3 amide bonds. The lowest BCUT2D eigenvalue weighted by molar-refractivity contribution is -0.143. The van der Waals surface area contributed by atoms with Crippen molar-refractivity contribution >= 4 is 58.1 Å². The molecular weight excluding hydrogens is 418 g/mol. The van der Waals surface area contributed by atoms with Crippen LogP contribution in [0.4, 0.5) is 0 Å². The van der Waals surface area contributed by atoms with Crippen LogP contribution in [0.5, 0.6) is 5.75 Å². The molecule has 0 aromatic heterocycles. The van der Waals surface area contributed by atoms with E-state index in [1.165, 1.54) is 4.90 Å². The van der Waals surface area contributed by atoms with Crippen molar-refractivity contribution in [1.29, 1.82) is 0 Å². The fourth-order valence-electron chi connectivity index (χ4n) is 2.43. The average Bonchev–Trinajstić information content (AvgIpc) is 2.92. The number of carboxylic acid groups (broad SMARTS) is 1. The molecule has 154 valence electrons. The Morgan fingerprint density at radius 2 is 2.00 bits per heavy atom. The molecule has 1 aromatic carbocycles. The van der Waals surface area contributed by atoms with Gasteiger partial charge in [0.25, 0.3) is 5.91 Å². The van der Waals surface area contributed by atoms with E-state index in [4.69, 9.17) is 27.8 Å². The zero-order valence-electron chi connectivity index (χ0n) is 15.4. The average molecular weight is 437 g/mol. The molecule has 0 aliphatic carbocycles. The zero-order valence-corrected chi connectivity index (χ0v) is 17.0. The minimum atomic E-state index is -1.42. The number of carboxylic acids is 1. The molecular formula is C18H19N3O6S2. The third-order valence-corrected chi connectivity index (χ3v) is 5.27. The van der Waals surface area contributed by atoms with Gasteiger partial charge in [0.05, 0.1) is 18.4 Å². The number of nitrogens with zero attached hydrogens (tertiary/aromatic N) is 1. The molecule has 29 heavy (non-hydrogen) atoms. The predicted molar refractivity (Wildman–Crippen MR) is 111 cm³/mol. The van der Waals surface area contributed by atoms with E-state index >= 15 is 0 Å². The van der Waals surface area contributed by atoms with E-state index in [9.17, 15) is 19.2 Å². The third-order valence-electron chi connectivity index (χ3n) is 3.89. The molecule has 0 radical (unpaired) electrons. The van der Waals surface area contributed by atoms with Crippen LogP contribution < -0.4 is 15.8 Å². The molecule has 1 aromatic rings. The zero-order chi connectivity index (χ0) is 21.6. The molecule has 0 spiro atoms. The van der Waals surface area contributed by atoms with Gasteiger partial charge in [-0.25, -0.2) is 4.79 Å². The van der Waals surface area contributed by atoms with Gasteiger partial charge >= 0.3 is 5.97 Å². The monoisotopic (exact) mass is 437 g/mol. The van der Waals surface area contributed by atoms with E-state index in [0.29, 0.717) is 15.0 Å². The Morgan fingerprint density at radius 3 is 2.55 bits per heavy atom. The molecule has 4 N–H and O–H groups in total. The molecule has 0 bridgehead atoms. The topological polar surface area (TPSA) is 139 Å². The highest BCUT2D eigenvalue weighted by Gasteiger charge is 2.32. The molecule has 1 saturated heterocycles. The number of benzene rings is 1. The summed E-state index contributed by atoms with van der Waals surface area (Å²) in [4.78, 5) is 48.2. The van der Waals surface area contributed by atoms with Crippen LogP contribution in [0.25, 0.3) is 6.08 Å². The van der Waals surface area contributed by atoms with Crippen molar-refractivity contribution in [3.63, 3.8) is 0 Å². The maximum atomic E-state index is 12.6. The van der Waals surface area contributed by atoms with E-state index in [2.05, 4.69) is 5.32 Å². The summed E-state index contributed by atoms with van der Waals surface area (Å²) in [5.74, 6) is -2.50. The molecule has 1 heterocycles. The van der Waals surface area contributed by atoms with Gasteiger partial charge < -0.3 is 20.9 Å². The summed E-state index contributed by atoms with van der Waals surface area (Å²) in [5.41, 5.74) is 5.76. The minimum absolute atomic E-state index is 0.0145. The van der Waals surface area contributed by atoms with E-state index in [1.807, 2.05) is 0 Å². The fourth-order valence-corrected chi connectivity index (χ4v) is 3.73. The van der Waals surface area contributed by atoms with Crippen molar-refractivity contribution in [2.24, 2.45) is 5.73 Å². The third kappa shape index (κ3) is 6.29. The number of rotatable bonds is 9. The second kappa shape index (κ2) is 10.0. The Bertz CT molecular complexity index is 869. The number of thiocarbonyl (C=S) groups is 1. The Balaban J connectivity index is 1.97. The first kappa shape index (κ1) is 22.4. The molecule has 1 atom stereocenters. The van der Waals surface area contributed by atoms with E-state index in [1.54, 1.807) is 37.5 Å². The van der Waals surface area contributed by atoms with Crippen LogP contribution in [0.2, 0.25) is 0 Å². The molecule has 1 fully saturated rings. The summed E-state index contributed by atoms with van der Waals surface area (Å²) in [5, 5.41) is 11.2. The molecule has 0 saturated carbocycles. The van der Waals surface area contributed by atoms with Crippen LogP contribution in [-0.4, -0.2) is 57.7 Å². The van der Waals surface area contributed by atoms with Crippen molar-refractivity contribution in [2.45, 2.75) is 18.9 Å². The molecule has 9 nitrogen and oxygen atoms in total. The number of amides is 3. The van der Waals surface area contributed by atoms with Gasteiger partial charge in [0.1, 0.15) is 16.1 Å². The Hall–Kier alpha value is -2.92. The fraction of sp³-hybridized carbons (Fsp3) is 0.278. The maximum absolute atomic E-state index is 12.6. The standard InChI is InChI=1S/C18H19N3O6S2/c1-27-11-4-2-10(3-5-11)8-13-16(24)21(18(28)29-13)7-6-15(23)20-12(17(25)26)9-14(19)22/h2-5,8,12H,6-7,9H2,1H3,(H2,19,22)(H,20,23)(H,25,26). The number of primary amides is 1. The van der Waals surface area contributed by atoms with Crippen molar-refractivity contribution in [1.82, 2.24) is 10.2 Å². The summed E-state index contributed by atoms with van der Waals surface area (Å²) in [6, 6.07) is 5.71. The molecule has 1 unspecified atom stereocenters. The number of ether oxygens (including phenoxy) is 1. The van der Waals surface area contributed by atoms with E-state index in [0.717, 1.165) is 17.3 Å². The molecule has 2 rings (SSSR count).